The van der Waals surface area contributed by atoms with Crippen LogP contribution in [0.25, 0.3) is 0 Å². The minimum Gasteiger partial charge on any atom is -0.319 e. The van der Waals surface area contributed by atoms with Crippen LogP contribution in [0.1, 0.15) is 53.9 Å². The van der Waals surface area contributed by atoms with Crippen molar-refractivity contribution in [2.45, 2.75) is 43.7 Å². The maximum absolute atomic E-state index is 9.06. The third-order valence-corrected chi connectivity index (χ3v) is 6.99. The van der Waals surface area contributed by atoms with E-state index >= 15 is 0 Å². The first kappa shape index (κ1) is 26.4. The normalized spacial score (nSPS) is 11.8. The molecule has 0 aliphatic carbocycles. The van der Waals surface area contributed by atoms with E-state index in [4.69, 9.17) is 10.8 Å². The van der Waals surface area contributed by atoms with Crippen molar-refractivity contribution in [1.82, 2.24) is 0 Å². The molecule has 2 nitrogen and oxygen atoms in total. The predicted molar refractivity (Wildman–Crippen MR) is 160 cm³/mol. The van der Waals surface area contributed by atoms with Crippen LogP contribution in [0.2, 0.25) is 12.1 Å². The van der Waals surface area contributed by atoms with Gasteiger partial charge in [0.1, 0.15) is 0 Å². The molecule has 2 radical (unpaired) electrons. The molecule has 0 heterocycles. The van der Waals surface area contributed by atoms with Gasteiger partial charge in [-0.15, -0.1) is 0 Å². The highest BCUT2D eigenvalue weighted by Gasteiger charge is 2.24. The molecular weight excluding hydrogens is 446 g/mol. The monoisotopic (exact) mass is 480 g/mol. The lowest BCUT2D eigenvalue weighted by molar-refractivity contribution is 0.761. The van der Waals surface area contributed by atoms with E-state index in [0.717, 1.165) is 41.4 Å². The SMILES string of the molecule is CCC([B]C(=N)C(c1ccccc1)c1ccccc1)CC[B]C(=N)C(c1ccccc1)c1ccccc1. The minimum atomic E-state index is -0.0701. The van der Waals surface area contributed by atoms with Gasteiger partial charge < -0.3 is 10.8 Å². The fourth-order valence-electron chi connectivity index (χ4n) is 5.01. The second-order valence-corrected chi connectivity index (χ2v) is 9.54. The van der Waals surface area contributed by atoms with Gasteiger partial charge in [0.25, 0.3) is 0 Å². The molecule has 0 bridgehead atoms. The van der Waals surface area contributed by atoms with E-state index in [1.54, 1.807) is 0 Å². The number of benzene rings is 4. The maximum atomic E-state index is 9.06. The molecular formula is C33H34B2N2. The summed E-state index contributed by atoms with van der Waals surface area (Å²) in [5.74, 6) is 0.156. The Hall–Kier alpha value is -3.65. The third kappa shape index (κ3) is 7.20. The van der Waals surface area contributed by atoms with Crippen LogP contribution in [0.4, 0.5) is 0 Å². The van der Waals surface area contributed by atoms with E-state index in [2.05, 4.69) is 70.0 Å². The summed E-state index contributed by atoms with van der Waals surface area (Å²) < 4.78 is 0. The Morgan fingerprint density at radius 2 is 0.919 bits per heavy atom. The molecule has 0 saturated heterocycles. The second kappa shape index (κ2) is 13.6. The third-order valence-electron chi connectivity index (χ3n) is 6.99. The van der Waals surface area contributed by atoms with Crippen LogP contribution in [0.5, 0.6) is 0 Å². The van der Waals surface area contributed by atoms with E-state index < -0.39 is 0 Å². The van der Waals surface area contributed by atoms with Gasteiger partial charge in [-0.2, -0.15) is 0 Å². The summed E-state index contributed by atoms with van der Waals surface area (Å²) in [7, 11) is 4.23. The highest BCUT2D eigenvalue weighted by atomic mass is 14.4. The zero-order valence-electron chi connectivity index (χ0n) is 21.6. The highest BCUT2D eigenvalue weighted by molar-refractivity contribution is 6.78. The van der Waals surface area contributed by atoms with Gasteiger partial charge in [-0.05, 0) is 33.5 Å². The molecule has 4 aromatic rings. The van der Waals surface area contributed by atoms with Gasteiger partial charge in [0.2, 0.25) is 0 Å². The Kier molecular flexibility index (Phi) is 9.71. The van der Waals surface area contributed by atoms with Crippen molar-refractivity contribution >= 4 is 25.8 Å². The number of nitrogens with one attached hydrogen (secondary N) is 2. The first-order valence-electron chi connectivity index (χ1n) is 13.2. The predicted octanol–water partition coefficient (Wildman–Crippen LogP) is 8.02. The van der Waals surface area contributed by atoms with Gasteiger partial charge in [-0.25, -0.2) is 0 Å². The van der Waals surface area contributed by atoms with Crippen molar-refractivity contribution in [2.24, 2.45) is 0 Å². The molecule has 0 fully saturated rings. The second-order valence-electron chi connectivity index (χ2n) is 9.54. The van der Waals surface area contributed by atoms with Gasteiger partial charge >= 0.3 is 0 Å². The lowest BCUT2D eigenvalue weighted by Crippen LogP contribution is -2.24. The first-order chi connectivity index (χ1) is 18.2. The molecule has 0 saturated carbocycles. The van der Waals surface area contributed by atoms with Crippen LogP contribution in [0, 0.1) is 10.8 Å². The Morgan fingerprint density at radius 3 is 1.27 bits per heavy atom. The maximum Gasteiger partial charge on any atom is 0.175 e. The fraction of sp³-hybridized carbons (Fsp3) is 0.212. The van der Waals surface area contributed by atoms with Crippen molar-refractivity contribution in [3.05, 3.63) is 144 Å². The van der Waals surface area contributed by atoms with Crippen molar-refractivity contribution in [1.29, 1.82) is 10.8 Å². The average molecular weight is 480 g/mol. The molecule has 0 amide bonds. The van der Waals surface area contributed by atoms with Gasteiger partial charge in [0.15, 0.2) is 14.6 Å². The largest absolute Gasteiger partial charge is 0.319 e. The van der Waals surface area contributed by atoms with Crippen LogP contribution >= 0.6 is 0 Å². The van der Waals surface area contributed by atoms with Crippen molar-refractivity contribution in [2.75, 3.05) is 0 Å². The summed E-state index contributed by atoms with van der Waals surface area (Å²) in [6.07, 6.45) is 2.72. The molecule has 0 aromatic heterocycles. The minimum absolute atomic E-state index is 0.0645. The number of hydrogen-bond donors (Lipinski definition) is 2. The van der Waals surface area contributed by atoms with E-state index in [9.17, 15) is 0 Å². The van der Waals surface area contributed by atoms with Crippen molar-refractivity contribution in [3.63, 3.8) is 0 Å². The average Bonchev–Trinajstić information content (AvgIpc) is 2.95. The molecule has 4 rings (SSSR count). The lowest BCUT2D eigenvalue weighted by Gasteiger charge is -2.23. The molecule has 2 N–H and O–H groups in total. The molecule has 4 heteroatoms. The number of rotatable bonds is 13. The summed E-state index contributed by atoms with van der Waals surface area (Å²) in [6.45, 7) is 2.19. The van der Waals surface area contributed by atoms with Gasteiger partial charge in [0.05, 0.1) is 0 Å². The van der Waals surface area contributed by atoms with E-state index in [0.29, 0.717) is 17.0 Å². The topological polar surface area (TPSA) is 47.7 Å². The molecule has 0 aliphatic heterocycles. The van der Waals surface area contributed by atoms with Crippen LogP contribution < -0.4 is 0 Å². The Labute approximate surface area is 223 Å². The van der Waals surface area contributed by atoms with E-state index in [1.165, 1.54) is 0 Å². The zero-order chi connectivity index (χ0) is 25.9. The summed E-state index contributed by atoms with van der Waals surface area (Å²) in [6, 6.07) is 41.4. The van der Waals surface area contributed by atoms with E-state index in [-0.39, 0.29) is 11.8 Å². The summed E-state index contributed by atoms with van der Waals surface area (Å²) in [4.78, 5) is 0. The zero-order valence-corrected chi connectivity index (χ0v) is 21.6. The Balaban J connectivity index is 1.41. The van der Waals surface area contributed by atoms with Gasteiger partial charge in [-0.1, -0.05) is 153 Å². The Morgan fingerprint density at radius 1 is 0.568 bits per heavy atom. The van der Waals surface area contributed by atoms with Gasteiger partial charge in [-0.3, -0.25) is 0 Å². The first-order valence-corrected chi connectivity index (χ1v) is 13.2. The molecule has 182 valence electrons. The van der Waals surface area contributed by atoms with Crippen molar-refractivity contribution in [3.8, 4) is 0 Å². The lowest BCUT2D eigenvalue weighted by atomic mass is 9.51. The smallest absolute Gasteiger partial charge is 0.175 e. The molecule has 0 aliphatic rings. The standard InChI is InChI=1S/C33H34B2N2/c1-2-29(35-33(37)31(27-19-11-5-12-20-27)28-21-13-6-14-22-28)23-24-34-32(36)30(25-15-7-3-8-16-25)26-17-9-4-10-18-26/h3-22,29-31,36-37H,2,23-24H2,1H3. The summed E-state index contributed by atoms with van der Waals surface area (Å²) in [5, 5.41) is 18.0. The molecule has 1 unspecified atom stereocenters. The quantitative estimate of drug-likeness (QED) is 0.144. The molecule has 37 heavy (non-hydrogen) atoms. The van der Waals surface area contributed by atoms with Crippen LogP contribution in [-0.2, 0) is 0 Å². The van der Waals surface area contributed by atoms with Crippen LogP contribution in [0.3, 0.4) is 0 Å². The Bertz CT molecular complexity index is 1170. The summed E-state index contributed by atoms with van der Waals surface area (Å²) in [5.41, 5.74) is 5.85. The molecule has 1 atom stereocenters. The number of hydrogen-bond acceptors (Lipinski definition) is 2. The fourth-order valence-corrected chi connectivity index (χ4v) is 5.01. The van der Waals surface area contributed by atoms with Crippen molar-refractivity contribution < 1.29 is 0 Å². The van der Waals surface area contributed by atoms with E-state index in [1.807, 2.05) is 72.8 Å². The summed E-state index contributed by atoms with van der Waals surface area (Å²) >= 11 is 0. The molecule has 4 aromatic carbocycles. The van der Waals surface area contributed by atoms with Crippen LogP contribution in [0.15, 0.2) is 121 Å². The molecule has 0 spiro atoms. The van der Waals surface area contributed by atoms with Crippen LogP contribution in [-0.4, -0.2) is 25.8 Å². The van der Waals surface area contributed by atoms with Gasteiger partial charge in [0, 0.05) is 11.8 Å². The highest BCUT2D eigenvalue weighted by Crippen LogP contribution is 2.29.